The molecule has 0 unspecified atom stereocenters. The minimum atomic E-state index is -4.39. The Balaban J connectivity index is 1.79. The number of hydrogen-bond acceptors (Lipinski definition) is 3. The molecular weight excluding hydrogens is 361 g/mol. The fourth-order valence-electron chi connectivity index (χ4n) is 2.21. The number of amides is 2. The third-order valence-electron chi connectivity index (χ3n) is 3.56. The summed E-state index contributed by atoms with van der Waals surface area (Å²) in [5.74, 6) is -0.522. The Morgan fingerprint density at radius 1 is 1.04 bits per heavy atom. The van der Waals surface area contributed by atoms with Crippen LogP contribution in [-0.4, -0.2) is 43.1 Å². The standard InChI is InChI=1S/C19H19F3N2O3/c1-24(18(26)15-5-3-2-4-6-15)12-17(25)23-11-14-7-9-16(10-8-14)27-13-19(20,21)22/h2-10H,11-13H2,1H3,(H,23,25). The molecule has 0 spiro atoms. The third-order valence-corrected chi connectivity index (χ3v) is 3.56. The molecule has 0 saturated heterocycles. The van der Waals surface area contributed by atoms with Gasteiger partial charge in [-0.25, -0.2) is 0 Å². The van der Waals surface area contributed by atoms with Crippen molar-refractivity contribution in [2.45, 2.75) is 12.7 Å². The Morgan fingerprint density at radius 2 is 1.67 bits per heavy atom. The highest BCUT2D eigenvalue weighted by atomic mass is 19.4. The molecule has 27 heavy (non-hydrogen) atoms. The average Bonchev–Trinajstić information content (AvgIpc) is 2.65. The van der Waals surface area contributed by atoms with Gasteiger partial charge in [0.15, 0.2) is 6.61 Å². The Hall–Kier alpha value is -3.03. The number of alkyl halides is 3. The molecule has 0 atom stereocenters. The highest BCUT2D eigenvalue weighted by Crippen LogP contribution is 2.18. The van der Waals surface area contributed by atoms with E-state index in [0.29, 0.717) is 11.1 Å². The fourth-order valence-corrected chi connectivity index (χ4v) is 2.21. The van der Waals surface area contributed by atoms with Crippen molar-refractivity contribution in [1.29, 1.82) is 0 Å². The number of nitrogens with zero attached hydrogens (tertiary/aromatic N) is 1. The Kier molecular flexibility index (Phi) is 6.81. The van der Waals surface area contributed by atoms with Crippen molar-refractivity contribution in [3.05, 3.63) is 65.7 Å². The fraction of sp³-hybridized carbons (Fsp3) is 0.263. The number of benzene rings is 2. The van der Waals surface area contributed by atoms with Gasteiger partial charge in [-0.05, 0) is 29.8 Å². The van der Waals surface area contributed by atoms with Gasteiger partial charge in [-0.2, -0.15) is 13.2 Å². The summed E-state index contributed by atoms with van der Waals surface area (Å²) in [6.45, 7) is -1.28. The third kappa shape index (κ3) is 7.01. The maximum absolute atomic E-state index is 12.2. The van der Waals surface area contributed by atoms with Crippen molar-refractivity contribution in [3.63, 3.8) is 0 Å². The van der Waals surface area contributed by atoms with E-state index in [2.05, 4.69) is 10.1 Å². The van der Waals surface area contributed by atoms with Gasteiger partial charge in [0.1, 0.15) is 5.75 Å². The Morgan fingerprint density at radius 3 is 2.26 bits per heavy atom. The molecule has 0 radical (unpaired) electrons. The summed E-state index contributed by atoms with van der Waals surface area (Å²) in [5.41, 5.74) is 1.18. The second-order valence-electron chi connectivity index (χ2n) is 5.85. The predicted octanol–water partition coefficient (Wildman–Crippen LogP) is 3.02. The smallest absolute Gasteiger partial charge is 0.422 e. The van der Waals surface area contributed by atoms with Crippen LogP contribution in [0.15, 0.2) is 54.6 Å². The lowest BCUT2D eigenvalue weighted by Gasteiger charge is -2.17. The van der Waals surface area contributed by atoms with Crippen LogP contribution in [0, 0.1) is 0 Å². The molecule has 144 valence electrons. The van der Waals surface area contributed by atoms with Crippen molar-refractivity contribution in [2.24, 2.45) is 0 Å². The van der Waals surface area contributed by atoms with Crippen LogP contribution in [0.2, 0.25) is 0 Å². The van der Waals surface area contributed by atoms with Crippen LogP contribution >= 0.6 is 0 Å². The van der Waals surface area contributed by atoms with Crippen LogP contribution in [0.5, 0.6) is 5.75 Å². The van der Waals surface area contributed by atoms with Gasteiger partial charge in [0, 0.05) is 19.2 Å². The first kappa shape index (κ1) is 20.3. The quantitative estimate of drug-likeness (QED) is 0.803. The second-order valence-corrected chi connectivity index (χ2v) is 5.85. The summed E-state index contributed by atoms with van der Waals surface area (Å²) < 4.78 is 40.9. The number of nitrogens with one attached hydrogen (secondary N) is 1. The first-order chi connectivity index (χ1) is 12.7. The first-order valence-electron chi connectivity index (χ1n) is 8.10. The van der Waals surface area contributed by atoms with Crippen LogP contribution in [-0.2, 0) is 11.3 Å². The molecule has 0 fully saturated rings. The lowest BCUT2D eigenvalue weighted by molar-refractivity contribution is -0.153. The molecule has 2 aromatic rings. The molecule has 2 aromatic carbocycles. The maximum atomic E-state index is 12.2. The van der Waals surface area contributed by atoms with Gasteiger partial charge >= 0.3 is 6.18 Å². The van der Waals surface area contributed by atoms with E-state index < -0.39 is 12.8 Å². The van der Waals surface area contributed by atoms with E-state index in [-0.39, 0.29) is 30.7 Å². The summed E-state index contributed by atoms with van der Waals surface area (Å²) in [4.78, 5) is 25.5. The minimum Gasteiger partial charge on any atom is -0.484 e. The summed E-state index contributed by atoms with van der Waals surface area (Å²) in [6, 6.07) is 14.5. The molecule has 0 aliphatic rings. The van der Waals surface area contributed by atoms with E-state index in [1.54, 1.807) is 42.5 Å². The summed E-state index contributed by atoms with van der Waals surface area (Å²) in [7, 11) is 1.53. The van der Waals surface area contributed by atoms with Gasteiger partial charge in [-0.15, -0.1) is 0 Å². The minimum absolute atomic E-state index is 0.0931. The topological polar surface area (TPSA) is 58.6 Å². The zero-order chi connectivity index (χ0) is 19.9. The molecule has 2 amide bonds. The molecule has 0 aliphatic heterocycles. The predicted molar refractivity (Wildman–Crippen MR) is 93.2 cm³/mol. The van der Waals surface area contributed by atoms with Crippen molar-refractivity contribution in [2.75, 3.05) is 20.2 Å². The van der Waals surface area contributed by atoms with Crippen LogP contribution in [0.3, 0.4) is 0 Å². The molecule has 0 bridgehead atoms. The number of ether oxygens (including phenoxy) is 1. The van der Waals surface area contributed by atoms with Gasteiger partial charge in [0.05, 0.1) is 6.54 Å². The van der Waals surface area contributed by atoms with Gasteiger partial charge in [0.25, 0.3) is 5.91 Å². The van der Waals surface area contributed by atoms with Gasteiger partial charge in [-0.1, -0.05) is 30.3 Å². The zero-order valence-electron chi connectivity index (χ0n) is 14.6. The van der Waals surface area contributed by atoms with E-state index in [9.17, 15) is 22.8 Å². The van der Waals surface area contributed by atoms with Crippen LogP contribution in [0.4, 0.5) is 13.2 Å². The van der Waals surface area contributed by atoms with Crippen molar-refractivity contribution in [3.8, 4) is 5.75 Å². The molecule has 5 nitrogen and oxygen atoms in total. The van der Waals surface area contributed by atoms with Crippen molar-refractivity contribution in [1.82, 2.24) is 10.2 Å². The normalized spacial score (nSPS) is 11.0. The molecular formula is C19H19F3N2O3. The van der Waals surface area contributed by atoms with Crippen LogP contribution in [0.1, 0.15) is 15.9 Å². The monoisotopic (exact) mass is 380 g/mol. The highest BCUT2D eigenvalue weighted by molar-refractivity contribution is 5.96. The number of hydrogen-bond donors (Lipinski definition) is 1. The lowest BCUT2D eigenvalue weighted by atomic mass is 10.2. The van der Waals surface area contributed by atoms with E-state index >= 15 is 0 Å². The van der Waals surface area contributed by atoms with Gasteiger partial charge in [0.2, 0.25) is 5.91 Å². The lowest BCUT2D eigenvalue weighted by Crippen LogP contribution is -2.38. The number of carbonyl (C=O) groups is 2. The summed E-state index contributed by atoms with van der Waals surface area (Å²) >= 11 is 0. The molecule has 0 saturated carbocycles. The first-order valence-corrected chi connectivity index (χ1v) is 8.10. The molecule has 0 heterocycles. The van der Waals surface area contributed by atoms with Crippen LogP contribution < -0.4 is 10.1 Å². The maximum Gasteiger partial charge on any atom is 0.422 e. The molecule has 1 N–H and O–H groups in total. The SMILES string of the molecule is CN(CC(=O)NCc1ccc(OCC(F)(F)F)cc1)C(=O)c1ccccc1. The highest BCUT2D eigenvalue weighted by Gasteiger charge is 2.28. The Bertz CT molecular complexity index is 762. The van der Waals surface area contributed by atoms with E-state index in [1.807, 2.05) is 0 Å². The zero-order valence-corrected chi connectivity index (χ0v) is 14.6. The number of rotatable bonds is 7. The molecule has 8 heteroatoms. The van der Waals surface area contributed by atoms with Gasteiger partial charge < -0.3 is 15.0 Å². The van der Waals surface area contributed by atoms with Crippen LogP contribution in [0.25, 0.3) is 0 Å². The summed E-state index contributed by atoms with van der Waals surface area (Å²) in [6.07, 6.45) is -4.39. The molecule has 0 aliphatic carbocycles. The second kappa shape index (κ2) is 9.07. The van der Waals surface area contributed by atoms with E-state index in [4.69, 9.17) is 0 Å². The van der Waals surface area contributed by atoms with Gasteiger partial charge in [-0.3, -0.25) is 9.59 Å². The number of halogens is 3. The average molecular weight is 380 g/mol. The molecule has 2 rings (SSSR count). The van der Waals surface area contributed by atoms with E-state index in [0.717, 1.165) is 0 Å². The number of likely N-dealkylation sites (N-methyl/N-ethyl adjacent to an activating group) is 1. The van der Waals surface area contributed by atoms with Crippen molar-refractivity contribution < 1.29 is 27.5 Å². The summed E-state index contributed by atoms with van der Waals surface area (Å²) in [5, 5.41) is 2.66. The Labute approximate surface area is 154 Å². The van der Waals surface area contributed by atoms with E-state index in [1.165, 1.54) is 24.1 Å². The largest absolute Gasteiger partial charge is 0.484 e. The molecule has 0 aromatic heterocycles. The van der Waals surface area contributed by atoms with Crippen molar-refractivity contribution >= 4 is 11.8 Å². The number of carbonyl (C=O) groups excluding carboxylic acids is 2.